The molecule has 0 bridgehead atoms. The number of carbonyl (C=O) groups is 1. The number of hydrogen-bond acceptors (Lipinski definition) is 3. The standard InChI is InChI=1S/C16H20N2O2/c1-12(2)16(19)18-10-5-11-20-14-8-3-6-13-7-4-9-17-15(13)14/h3-4,6-9,12H,5,10-11H2,1-2H3,(H,18,19). The van der Waals surface area contributed by atoms with Crippen molar-refractivity contribution in [2.75, 3.05) is 13.2 Å². The van der Waals surface area contributed by atoms with Gasteiger partial charge in [-0.25, -0.2) is 0 Å². The highest BCUT2D eigenvalue weighted by atomic mass is 16.5. The van der Waals surface area contributed by atoms with Gasteiger partial charge < -0.3 is 10.1 Å². The molecule has 0 saturated carbocycles. The molecule has 0 aliphatic carbocycles. The van der Waals surface area contributed by atoms with E-state index >= 15 is 0 Å². The molecular formula is C16H20N2O2. The summed E-state index contributed by atoms with van der Waals surface area (Å²) in [6, 6.07) is 9.81. The fourth-order valence-electron chi connectivity index (χ4n) is 1.86. The molecule has 0 spiro atoms. The smallest absolute Gasteiger partial charge is 0.222 e. The van der Waals surface area contributed by atoms with Gasteiger partial charge in [0.15, 0.2) is 0 Å². The molecule has 1 amide bonds. The Kier molecular flexibility index (Phi) is 4.93. The lowest BCUT2D eigenvalue weighted by molar-refractivity contribution is -0.123. The molecule has 1 N–H and O–H groups in total. The minimum absolute atomic E-state index is 0.0261. The fourth-order valence-corrected chi connectivity index (χ4v) is 1.86. The zero-order valence-electron chi connectivity index (χ0n) is 11.9. The van der Waals surface area contributed by atoms with E-state index in [1.54, 1.807) is 6.20 Å². The maximum absolute atomic E-state index is 11.4. The first-order valence-corrected chi connectivity index (χ1v) is 6.93. The van der Waals surface area contributed by atoms with E-state index in [1.165, 1.54) is 0 Å². The van der Waals surface area contributed by atoms with E-state index in [0.29, 0.717) is 13.2 Å². The van der Waals surface area contributed by atoms with Crippen LogP contribution < -0.4 is 10.1 Å². The van der Waals surface area contributed by atoms with Crippen LogP contribution in [0.3, 0.4) is 0 Å². The molecule has 0 fully saturated rings. The van der Waals surface area contributed by atoms with E-state index < -0.39 is 0 Å². The van der Waals surface area contributed by atoms with Crippen LogP contribution in [0, 0.1) is 5.92 Å². The van der Waals surface area contributed by atoms with E-state index in [1.807, 2.05) is 44.2 Å². The largest absolute Gasteiger partial charge is 0.491 e. The second-order valence-electron chi connectivity index (χ2n) is 4.98. The van der Waals surface area contributed by atoms with Crippen molar-refractivity contribution in [3.8, 4) is 5.75 Å². The molecule has 0 unspecified atom stereocenters. The molecule has 0 atom stereocenters. The van der Waals surface area contributed by atoms with Crippen LogP contribution in [-0.4, -0.2) is 24.0 Å². The summed E-state index contributed by atoms with van der Waals surface area (Å²) in [5, 5.41) is 3.94. The summed E-state index contributed by atoms with van der Waals surface area (Å²) in [5.74, 6) is 0.897. The number of nitrogens with one attached hydrogen (secondary N) is 1. The number of hydrogen-bond donors (Lipinski definition) is 1. The van der Waals surface area contributed by atoms with Crippen molar-refractivity contribution in [2.45, 2.75) is 20.3 Å². The van der Waals surface area contributed by atoms with Gasteiger partial charge in [0.1, 0.15) is 11.3 Å². The summed E-state index contributed by atoms with van der Waals surface area (Å²) in [5.41, 5.74) is 0.876. The molecule has 4 nitrogen and oxygen atoms in total. The first-order valence-electron chi connectivity index (χ1n) is 6.93. The number of ether oxygens (including phenoxy) is 1. The Morgan fingerprint density at radius 1 is 1.30 bits per heavy atom. The molecule has 0 saturated heterocycles. The topological polar surface area (TPSA) is 51.2 Å². The first-order chi connectivity index (χ1) is 9.68. The average molecular weight is 272 g/mol. The molecule has 0 aliphatic heterocycles. The average Bonchev–Trinajstić information content (AvgIpc) is 2.46. The van der Waals surface area contributed by atoms with E-state index in [-0.39, 0.29) is 11.8 Å². The van der Waals surface area contributed by atoms with Crippen LogP contribution in [0.5, 0.6) is 5.75 Å². The van der Waals surface area contributed by atoms with Gasteiger partial charge in [0.05, 0.1) is 6.61 Å². The highest BCUT2D eigenvalue weighted by Gasteiger charge is 2.05. The van der Waals surface area contributed by atoms with Gasteiger partial charge in [-0.1, -0.05) is 32.0 Å². The van der Waals surface area contributed by atoms with Crippen molar-refractivity contribution in [1.29, 1.82) is 0 Å². The van der Waals surface area contributed by atoms with Gasteiger partial charge in [-0.15, -0.1) is 0 Å². The van der Waals surface area contributed by atoms with Gasteiger partial charge >= 0.3 is 0 Å². The SMILES string of the molecule is CC(C)C(=O)NCCCOc1cccc2cccnc12. The van der Waals surface area contributed by atoms with Gasteiger partial charge in [-0.2, -0.15) is 0 Å². The van der Waals surface area contributed by atoms with Crippen molar-refractivity contribution >= 4 is 16.8 Å². The Morgan fingerprint density at radius 3 is 2.90 bits per heavy atom. The van der Waals surface area contributed by atoms with Gasteiger partial charge in [0.25, 0.3) is 0 Å². The molecule has 2 rings (SSSR count). The van der Waals surface area contributed by atoms with E-state index in [2.05, 4.69) is 10.3 Å². The molecule has 0 radical (unpaired) electrons. The molecule has 1 heterocycles. The van der Waals surface area contributed by atoms with Gasteiger partial charge in [-0.3, -0.25) is 9.78 Å². The lowest BCUT2D eigenvalue weighted by Crippen LogP contribution is -2.29. The summed E-state index contributed by atoms with van der Waals surface area (Å²) in [4.78, 5) is 15.7. The maximum atomic E-state index is 11.4. The highest BCUT2D eigenvalue weighted by Crippen LogP contribution is 2.22. The van der Waals surface area contributed by atoms with E-state index in [9.17, 15) is 4.79 Å². The summed E-state index contributed by atoms with van der Waals surface area (Å²) in [7, 11) is 0. The van der Waals surface area contributed by atoms with Gasteiger partial charge in [0.2, 0.25) is 5.91 Å². The van der Waals surface area contributed by atoms with Crippen LogP contribution in [-0.2, 0) is 4.79 Å². The number of carbonyl (C=O) groups excluding carboxylic acids is 1. The number of pyridine rings is 1. The Bertz CT molecular complexity index is 576. The third-order valence-corrected chi connectivity index (χ3v) is 3.00. The predicted molar refractivity (Wildman–Crippen MR) is 79.7 cm³/mol. The summed E-state index contributed by atoms with van der Waals surface area (Å²) >= 11 is 0. The Hall–Kier alpha value is -2.10. The molecule has 1 aromatic heterocycles. The fraction of sp³-hybridized carbons (Fsp3) is 0.375. The molecule has 1 aromatic carbocycles. The van der Waals surface area contributed by atoms with Crippen LogP contribution >= 0.6 is 0 Å². The highest BCUT2D eigenvalue weighted by molar-refractivity contribution is 5.84. The summed E-state index contributed by atoms with van der Waals surface area (Å²) in [6.07, 6.45) is 2.54. The van der Waals surface area contributed by atoms with Crippen molar-refractivity contribution in [2.24, 2.45) is 5.92 Å². The number of fused-ring (bicyclic) bond motifs is 1. The third-order valence-electron chi connectivity index (χ3n) is 3.00. The lowest BCUT2D eigenvalue weighted by Gasteiger charge is -2.10. The first kappa shape index (κ1) is 14.3. The Labute approximate surface area is 119 Å². The molecule has 106 valence electrons. The number of benzene rings is 1. The van der Waals surface area contributed by atoms with Crippen molar-refractivity contribution < 1.29 is 9.53 Å². The number of rotatable bonds is 6. The number of para-hydroxylation sites is 1. The van der Waals surface area contributed by atoms with E-state index in [4.69, 9.17) is 4.74 Å². The minimum Gasteiger partial charge on any atom is -0.491 e. The van der Waals surface area contributed by atoms with Crippen molar-refractivity contribution in [3.05, 3.63) is 36.5 Å². The van der Waals surface area contributed by atoms with Crippen LogP contribution in [0.15, 0.2) is 36.5 Å². The molecular weight excluding hydrogens is 252 g/mol. The number of nitrogens with zero attached hydrogens (tertiary/aromatic N) is 1. The monoisotopic (exact) mass is 272 g/mol. The van der Waals surface area contributed by atoms with Crippen molar-refractivity contribution in [1.82, 2.24) is 10.3 Å². The predicted octanol–water partition coefficient (Wildman–Crippen LogP) is 2.78. The molecule has 2 aromatic rings. The third kappa shape index (κ3) is 3.70. The zero-order chi connectivity index (χ0) is 14.4. The van der Waals surface area contributed by atoms with Crippen LogP contribution in [0.4, 0.5) is 0 Å². The Balaban J connectivity index is 1.83. The normalized spacial score (nSPS) is 10.8. The van der Waals surface area contributed by atoms with Gasteiger partial charge in [0, 0.05) is 24.0 Å². The second kappa shape index (κ2) is 6.89. The molecule has 0 aliphatic rings. The number of aromatic nitrogens is 1. The lowest BCUT2D eigenvalue weighted by atomic mass is 10.2. The summed E-state index contributed by atoms with van der Waals surface area (Å²) in [6.45, 7) is 4.96. The number of amides is 1. The second-order valence-corrected chi connectivity index (χ2v) is 4.98. The minimum atomic E-state index is 0.0261. The summed E-state index contributed by atoms with van der Waals surface area (Å²) < 4.78 is 5.75. The van der Waals surface area contributed by atoms with Crippen LogP contribution in [0.2, 0.25) is 0 Å². The Morgan fingerprint density at radius 2 is 2.10 bits per heavy atom. The van der Waals surface area contributed by atoms with Crippen LogP contribution in [0.25, 0.3) is 10.9 Å². The quantitative estimate of drug-likeness (QED) is 0.823. The van der Waals surface area contributed by atoms with Crippen molar-refractivity contribution in [3.63, 3.8) is 0 Å². The maximum Gasteiger partial charge on any atom is 0.222 e. The molecule has 20 heavy (non-hydrogen) atoms. The van der Waals surface area contributed by atoms with E-state index in [0.717, 1.165) is 23.1 Å². The van der Waals surface area contributed by atoms with Crippen LogP contribution in [0.1, 0.15) is 20.3 Å². The molecule has 4 heteroatoms. The zero-order valence-corrected chi connectivity index (χ0v) is 11.9. The van der Waals surface area contributed by atoms with Gasteiger partial charge in [-0.05, 0) is 18.6 Å².